The van der Waals surface area contributed by atoms with Crippen LogP contribution in [-0.4, -0.2) is 30.2 Å². The number of hydrogen-bond acceptors (Lipinski definition) is 5. The van der Waals surface area contributed by atoms with Crippen LogP contribution in [0.5, 0.6) is 5.75 Å². The molecule has 7 heteroatoms. The van der Waals surface area contributed by atoms with Crippen molar-refractivity contribution >= 4 is 34.0 Å². The van der Waals surface area contributed by atoms with E-state index in [0.717, 1.165) is 45.4 Å². The molecule has 0 saturated carbocycles. The highest BCUT2D eigenvalue weighted by molar-refractivity contribution is 5.86. The van der Waals surface area contributed by atoms with Crippen molar-refractivity contribution in [3.8, 4) is 5.75 Å². The number of nitrogens with one attached hydrogen (secondary N) is 1. The highest BCUT2D eigenvalue weighted by Gasteiger charge is 2.10. The summed E-state index contributed by atoms with van der Waals surface area (Å²) in [6, 6.07) is 29.0. The summed E-state index contributed by atoms with van der Waals surface area (Å²) in [5.41, 5.74) is 5.30. The molecule has 3 aromatic carbocycles. The summed E-state index contributed by atoms with van der Waals surface area (Å²) in [5, 5.41) is 16.2. The maximum atomic E-state index is 6.02. The van der Waals surface area contributed by atoms with Crippen LogP contribution in [0.25, 0.3) is 34.0 Å². The molecule has 170 valence electrons. The van der Waals surface area contributed by atoms with Crippen LogP contribution in [0.4, 0.5) is 0 Å². The van der Waals surface area contributed by atoms with Crippen molar-refractivity contribution in [2.75, 3.05) is 0 Å². The first-order valence-electron chi connectivity index (χ1n) is 11.4. The molecule has 0 unspecified atom stereocenters. The average molecular weight is 459 g/mol. The van der Waals surface area contributed by atoms with Crippen molar-refractivity contribution in [3.05, 3.63) is 114 Å². The third-order valence-electron chi connectivity index (χ3n) is 5.87. The zero-order chi connectivity index (χ0) is 23.5. The lowest BCUT2D eigenvalue weighted by Crippen LogP contribution is -2.02. The van der Waals surface area contributed by atoms with Gasteiger partial charge in [-0.1, -0.05) is 65.9 Å². The second-order valence-electron chi connectivity index (χ2n) is 8.26. The minimum Gasteiger partial charge on any atom is -0.483 e. The van der Waals surface area contributed by atoms with Gasteiger partial charge in [0.05, 0.1) is 16.7 Å². The van der Waals surface area contributed by atoms with E-state index in [0.29, 0.717) is 5.82 Å². The number of H-pyrrole nitrogens is 1. The number of aromatic nitrogens is 6. The fourth-order valence-corrected chi connectivity index (χ4v) is 4.21. The summed E-state index contributed by atoms with van der Waals surface area (Å²) < 4.78 is 8.22. The first-order valence-corrected chi connectivity index (χ1v) is 11.4. The predicted octanol–water partition coefficient (Wildman–Crippen LogP) is 5.50. The number of aromatic amines is 1. The average Bonchev–Trinajstić information content (AvgIpc) is 3.57. The molecule has 0 radical (unpaired) electrons. The molecule has 6 rings (SSSR count). The Labute approximate surface area is 201 Å². The van der Waals surface area contributed by atoms with Crippen LogP contribution in [0.1, 0.15) is 22.6 Å². The maximum absolute atomic E-state index is 6.02. The molecule has 0 bridgehead atoms. The maximum Gasteiger partial charge on any atom is 0.211 e. The molecule has 0 aliphatic rings. The van der Waals surface area contributed by atoms with Gasteiger partial charge in [0.25, 0.3) is 0 Å². The van der Waals surface area contributed by atoms with Crippen LogP contribution < -0.4 is 4.74 Å². The standard InChI is InChI=1S/C28H22N6O/c1-2-9-25-22(7-1)12-14-24(29-25)13-11-20-5-3-6-21(17-20)18-34-16-15-23-8-4-10-26(28(23)34)35-19-27-30-32-33-31-27/h1-17H,18-19H2,(H,30,31,32,33)/b13-11+. The van der Waals surface area contributed by atoms with Gasteiger partial charge in [0, 0.05) is 23.5 Å². The Morgan fingerprint density at radius 1 is 0.857 bits per heavy atom. The van der Waals surface area contributed by atoms with Crippen molar-refractivity contribution < 1.29 is 4.74 Å². The molecular formula is C28H22N6O. The second kappa shape index (κ2) is 9.23. The van der Waals surface area contributed by atoms with E-state index in [-0.39, 0.29) is 6.61 Å². The van der Waals surface area contributed by atoms with Gasteiger partial charge < -0.3 is 9.30 Å². The zero-order valence-corrected chi connectivity index (χ0v) is 18.9. The SMILES string of the molecule is C(=C\c1ccc2ccccc2n1)/c1cccc(Cn2ccc3cccc(OCc4nn[nH]n4)c32)c1. The normalized spacial score (nSPS) is 11.5. The molecule has 35 heavy (non-hydrogen) atoms. The van der Waals surface area contributed by atoms with Gasteiger partial charge in [0.2, 0.25) is 5.82 Å². The summed E-state index contributed by atoms with van der Waals surface area (Å²) in [4.78, 5) is 4.73. The van der Waals surface area contributed by atoms with E-state index in [4.69, 9.17) is 9.72 Å². The van der Waals surface area contributed by atoms with Crippen molar-refractivity contribution in [2.45, 2.75) is 13.2 Å². The van der Waals surface area contributed by atoms with E-state index in [9.17, 15) is 0 Å². The van der Waals surface area contributed by atoms with Gasteiger partial charge in [-0.3, -0.25) is 0 Å². The number of hydrogen-bond donors (Lipinski definition) is 1. The number of ether oxygens (including phenoxy) is 1. The molecule has 0 aliphatic heterocycles. The van der Waals surface area contributed by atoms with Gasteiger partial charge in [-0.05, 0) is 47.5 Å². The molecule has 7 nitrogen and oxygen atoms in total. The van der Waals surface area contributed by atoms with Crippen molar-refractivity contribution in [1.82, 2.24) is 30.2 Å². The van der Waals surface area contributed by atoms with Crippen LogP contribution in [0, 0.1) is 0 Å². The molecule has 0 saturated heterocycles. The Morgan fingerprint density at radius 3 is 2.71 bits per heavy atom. The topological polar surface area (TPSA) is 81.5 Å². The van der Waals surface area contributed by atoms with Crippen LogP contribution in [0.15, 0.2) is 91.1 Å². The van der Waals surface area contributed by atoms with Crippen LogP contribution in [0.3, 0.4) is 0 Å². The number of benzene rings is 3. The molecule has 1 N–H and O–H groups in total. The number of rotatable bonds is 7. The van der Waals surface area contributed by atoms with Gasteiger partial charge in [0.15, 0.2) is 6.61 Å². The third kappa shape index (κ3) is 4.52. The van der Waals surface area contributed by atoms with Crippen molar-refractivity contribution in [3.63, 3.8) is 0 Å². The summed E-state index contributed by atoms with van der Waals surface area (Å²) in [7, 11) is 0. The monoisotopic (exact) mass is 458 g/mol. The Morgan fingerprint density at radius 2 is 1.77 bits per heavy atom. The van der Waals surface area contributed by atoms with Gasteiger partial charge in [-0.2, -0.15) is 5.21 Å². The second-order valence-corrected chi connectivity index (χ2v) is 8.26. The van der Waals surface area contributed by atoms with Gasteiger partial charge in [-0.25, -0.2) is 4.98 Å². The van der Waals surface area contributed by atoms with Gasteiger partial charge in [-0.15, -0.1) is 10.2 Å². The Bertz CT molecular complexity index is 1630. The molecule has 0 spiro atoms. The van der Waals surface area contributed by atoms with E-state index in [1.54, 1.807) is 0 Å². The largest absolute Gasteiger partial charge is 0.483 e. The molecule has 0 amide bonds. The highest BCUT2D eigenvalue weighted by atomic mass is 16.5. The fraction of sp³-hybridized carbons (Fsp3) is 0.0714. The highest BCUT2D eigenvalue weighted by Crippen LogP contribution is 2.28. The summed E-state index contributed by atoms with van der Waals surface area (Å²) in [5.74, 6) is 1.30. The molecule has 0 fully saturated rings. The number of pyridine rings is 1. The minimum atomic E-state index is 0.254. The van der Waals surface area contributed by atoms with E-state index in [1.165, 1.54) is 5.56 Å². The summed E-state index contributed by atoms with van der Waals surface area (Å²) >= 11 is 0. The van der Waals surface area contributed by atoms with E-state index < -0.39 is 0 Å². The number of fused-ring (bicyclic) bond motifs is 2. The predicted molar refractivity (Wildman–Crippen MR) is 137 cm³/mol. The van der Waals surface area contributed by atoms with Crippen LogP contribution in [0.2, 0.25) is 0 Å². The lowest BCUT2D eigenvalue weighted by molar-refractivity contribution is 0.298. The van der Waals surface area contributed by atoms with Crippen molar-refractivity contribution in [2.24, 2.45) is 0 Å². The molecule has 3 heterocycles. The molecular weight excluding hydrogens is 436 g/mol. The minimum absolute atomic E-state index is 0.254. The van der Waals surface area contributed by atoms with E-state index in [1.807, 2.05) is 36.4 Å². The smallest absolute Gasteiger partial charge is 0.211 e. The van der Waals surface area contributed by atoms with Crippen LogP contribution in [-0.2, 0) is 13.2 Å². The summed E-state index contributed by atoms with van der Waals surface area (Å²) in [6.07, 6.45) is 6.25. The Kier molecular flexibility index (Phi) is 5.48. The number of tetrazole rings is 1. The lowest BCUT2D eigenvalue weighted by atomic mass is 10.1. The molecule has 6 aromatic rings. The third-order valence-corrected chi connectivity index (χ3v) is 5.87. The Hall–Kier alpha value is -4.78. The zero-order valence-electron chi connectivity index (χ0n) is 18.9. The van der Waals surface area contributed by atoms with E-state index in [2.05, 4.69) is 92.1 Å². The summed E-state index contributed by atoms with van der Waals surface area (Å²) in [6.45, 7) is 0.978. The first kappa shape index (κ1) is 20.8. The first-order chi connectivity index (χ1) is 17.3. The molecule has 0 aliphatic carbocycles. The Balaban J connectivity index is 1.23. The van der Waals surface area contributed by atoms with Crippen molar-refractivity contribution in [1.29, 1.82) is 0 Å². The van der Waals surface area contributed by atoms with Crippen LogP contribution >= 0.6 is 0 Å². The molecule has 0 atom stereocenters. The van der Waals surface area contributed by atoms with E-state index >= 15 is 0 Å². The van der Waals surface area contributed by atoms with Gasteiger partial charge in [0.1, 0.15) is 5.75 Å². The lowest BCUT2D eigenvalue weighted by Gasteiger charge is -2.11. The number of nitrogens with zero attached hydrogens (tertiary/aromatic N) is 5. The fourth-order valence-electron chi connectivity index (χ4n) is 4.21. The van der Waals surface area contributed by atoms with Gasteiger partial charge >= 0.3 is 0 Å². The molecule has 3 aromatic heterocycles. The number of para-hydroxylation sites is 2. The quantitative estimate of drug-likeness (QED) is 0.342.